The third-order valence-electron chi connectivity index (χ3n) is 3.46. The quantitative estimate of drug-likeness (QED) is 0.643. The van der Waals surface area contributed by atoms with Gasteiger partial charge in [0.2, 0.25) is 0 Å². The molecular weight excluding hydrogens is 332 g/mol. The van der Waals surface area contributed by atoms with Crippen molar-refractivity contribution in [2.45, 2.75) is 0 Å². The number of rotatable bonds is 5. The van der Waals surface area contributed by atoms with Crippen LogP contribution < -0.4 is 0 Å². The summed E-state index contributed by atoms with van der Waals surface area (Å²) in [7, 11) is 1.61. The van der Waals surface area contributed by atoms with Gasteiger partial charge in [0, 0.05) is 19.8 Å². The van der Waals surface area contributed by atoms with Gasteiger partial charge in [-0.1, -0.05) is 0 Å². The van der Waals surface area contributed by atoms with Crippen molar-refractivity contribution >= 4 is 34.4 Å². The molecule has 0 atom stereocenters. The molecular formula is C15H14N4O4S. The van der Waals surface area contributed by atoms with Gasteiger partial charge in [-0.25, -0.2) is 14.8 Å². The largest absolute Gasteiger partial charge is 0.478 e. The molecule has 3 aromatic heterocycles. The summed E-state index contributed by atoms with van der Waals surface area (Å²) in [6, 6.07) is 3.42. The van der Waals surface area contributed by atoms with Gasteiger partial charge in [-0.3, -0.25) is 4.79 Å². The van der Waals surface area contributed by atoms with Gasteiger partial charge >= 0.3 is 5.97 Å². The number of carbonyl (C=O) groups excluding carboxylic acids is 1. The number of carboxylic acid groups (broad SMARTS) is 1. The Labute approximate surface area is 140 Å². The van der Waals surface area contributed by atoms with Crippen molar-refractivity contribution < 1.29 is 19.8 Å². The Morgan fingerprint density at radius 3 is 2.88 bits per heavy atom. The SMILES string of the molecule is CN(CCO)C(=O)c1ccc(-c2cnc3[nH]cc(C(=O)O)c3n2)s1. The monoisotopic (exact) mass is 346 g/mol. The Bertz CT molecular complexity index is 917. The van der Waals surface area contributed by atoms with Crippen molar-refractivity contribution in [3.63, 3.8) is 0 Å². The molecule has 9 heteroatoms. The maximum absolute atomic E-state index is 12.2. The van der Waals surface area contributed by atoms with E-state index in [1.54, 1.807) is 19.2 Å². The van der Waals surface area contributed by atoms with Crippen LogP contribution in [0.1, 0.15) is 20.0 Å². The maximum Gasteiger partial charge on any atom is 0.339 e. The molecule has 3 heterocycles. The summed E-state index contributed by atoms with van der Waals surface area (Å²) in [6.07, 6.45) is 2.88. The van der Waals surface area contributed by atoms with Gasteiger partial charge in [-0.15, -0.1) is 11.3 Å². The molecule has 3 rings (SSSR count). The number of carbonyl (C=O) groups is 2. The third-order valence-corrected chi connectivity index (χ3v) is 4.56. The van der Waals surface area contributed by atoms with E-state index in [2.05, 4.69) is 15.0 Å². The fraction of sp³-hybridized carbons (Fsp3) is 0.200. The van der Waals surface area contributed by atoms with Gasteiger partial charge in [0.25, 0.3) is 5.91 Å². The van der Waals surface area contributed by atoms with E-state index in [4.69, 9.17) is 10.2 Å². The number of aliphatic hydroxyl groups excluding tert-OH is 1. The Morgan fingerprint density at radius 1 is 1.38 bits per heavy atom. The molecule has 124 valence electrons. The van der Waals surface area contributed by atoms with Gasteiger partial charge in [-0.2, -0.15) is 0 Å². The van der Waals surface area contributed by atoms with Crippen LogP contribution >= 0.6 is 11.3 Å². The smallest absolute Gasteiger partial charge is 0.339 e. The summed E-state index contributed by atoms with van der Waals surface area (Å²) in [6.45, 7) is 0.150. The standard InChI is InChI=1S/C15H14N4O4S/c1-19(4-5-20)14(21)11-3-2-10(24-11)9-7-17-13-12(18-9)8(6-16-13)15(22)23/h2-3,6-7,20H,4-5H2,1H3,(H,16,17)(H,22,23). The molecule has 0 aliphatic rings. The van der Waals surface area contributed by atoms with Crippen LogP contribution in [0.3, 0.4) is 0 Å². The summed E-state index contributed by atoms with van der Waals surface area (Å²) in [4.78, 5) is 37.3. The highest BCUT2D eigenvalue weighted by atomic mass is 32.1. The van der Waals surface area contributed by atoms with E-state index in [1.807, 2.05) is 0 Å². The molecule has 3 aromatic rings. The number of likely N-dealkylation sites (N-methyl/N-ethyl adjacent to an activating group) is 1. The van der Waals surface area contributed by atoms with E-state index < -0.39 is 5.97 Å². The number of nitrogens with one attached hydrogen (secondary N) is 1. The minimum atomic E-state index is -1.08. The van der Waals surface area contributed by atoms with Crippen molar-refractivity contribution in [1.82, 2.24) is 19.9 Å². The van der Waals surface area contributed by atoms with Gasteiger partial charge in [0.05, 0.1) is 28.3 Å². The molecule has 0 spiro atoms. The molecule has 0 unspecified atom stereocenters. The van der Waals surface area contributed by atoms with Crippen molar-refractivity contribution in [2.75, 3.05) is 20.2 Å². The Balaban J connectivity index is 1.95. The number of amides is 1. The number of hydrogen-bond acceptors (Lipinski definition) is 6. The first-order valence-electron chi connectivity index (χ1n) is 7.05. The van der Waals surface area contributed by atoms with Crippen LogP contribution in [0.4, 0.5) is 0 Å². The number of aromatic nitrogens is 3. The Kier molecular flexibility index (Phi) is 4.28. The molecule has 0 radical (unpaired) electrons. The lowest BCUT2D eigenvalue weighted by molar-refractivity contribution is 0.0698. The highest BCUT2D eigenvalue weighted by molar-refractivity contribution is 7.17. The van der Waals surface area contributed by atoms with Crippen LogP contribution in [0, 0.1) is 0 Å². The predicted molar refractivity (Wildman–Crippen MR) is 88.2 cm³/mol. The molecule has 0 fully saturated rings. The van der Waals surface area contributed by atoms with Crippen LogP contribution in [0.25, 0.3) is 21.7 Å². The molecule has 0 aromatic carbocycles. The first-order valence-corrected chi connectivity index (χ1v) is 7.87. The molecule has 0 aliphatic heterocycles. The van der Waals surface area contributed by atoms with Crippen LogP contribution in [0.2, 0.25) is 0 Å². The predicted octanol–water partition coefficient (Wildman–Crippen LogP) is 1.45. The normalized spacial score (nSPS) is 10.9. The number of aliphatic hydroxyl groups is 1. The van der Waals surface area contributed by atoms with Crippen molar-refractivity contribution in [3.05, 3.63) is 35.0 Å². The lowest BCUT2D eigenvalue weighted by Gasteiger charge is -2.13. The Morgan fingerprint density at radius 2 is 2.17 bits per heavy atom. The van der Waals surface area contributed by atoms with Gasteiger partial charge in [-0.05, 0) is 12.1 Å². The second-order valence-corrected chi connectivity index (χ2v) is 6.16. The van der Waals surface area contributed by atoms with Gasteiger partial charge in [0.1, 0.15) is 11.1 Å². The van der Waals surface area contributed by atoms with Crippen LogP contribution in [-0.4, -0.2) is 62.1 Å². The molecule has 8 nitrogen and oxygen atoms in total. The Hall–Kier alpha value is -2.78. The summed E-state index contributed by atoms with van der Waals surface area (Å²) in [5.41, 5.74) is 1.22. The van der Waals surface area contributed by atoms with Crippen LogP contribution in [-0.2, 0) is 0 Å². The van der Waals surface area contributed by atoms with Crippen molar-refractivity contribution in [3.8, 4) is 10.6 Å². The minimum Gasteiger partial charge on any atom is -0.478 e. The number of thiophene rings is 1. The lowest BCUT2D eigenvalue weighted by Crippen LogP contribution is -2.28. The number of aromatic amines is 1. The second-order valence-electron chi connectivity index (χ2n) is 5.07. The number of nitrogens with zero attached hydrogens (tertiary/aromatic N) is 3. The van der Waals surface area contributed by atoms with E-state index >= 15 is 0 Å². The highest BCUT2D eigenvalue weighted by Crippen LogP contribution is 2.28. The minimum absolute atomic E-state index is 0.0508. The van der Waals surface area contributed by atoms with Crippen molar-refractivity contribution in [2.24, 2.45) is 0 Å². The number of carboxylic acids is 1. The van der Waals surface area contributed by atoms with Crippen molar-refractivity contribution in [1.29, 1.82) is 0 Å². The zero-order chi connectivity index (χ0) is 17.3. The van der Waals surface area contributed by atoms with Crippen LogP contribution in [0.15, 0.2) is 24.5 Å². The lowest BCUT2D eigenvalue weighted by atomic mass is 10.3. The summed E-state index contributed by atoms with van der Waals surface area (Å²) >= 11 is 1.24. The zero-order valence-electron chi connectivity index (χ0n) is 12.7. The van der Waals surface area contributed by atoms with E-state index in [9.17, 15) is 9.59 Å². The van der Waals surface area contributed by atoms with Crippen LogP contribution in [0.5, 0.6) is 0 Å². The summed E-state index contributed by atoms with van der Waals surface area (Å²) < 4.78 is 0. The third kappa shape index (κ3) is 2.86. The highest BCUT2D eigenvalue weighted by Gasteiger charge is 2.17. The second kappa shape index (κ2) is 6.38. The van der Waals surface area contributed by atoms with E-state index in [-0.39, 0.29) is 30.1 Å². The average Bonchev–Trinajstić information content (AvgIpc) is 3.20. The molecule has 0 bridgehead atoms. The van der Waals surface area contributed by atoms with E-state index in [1.165, 1.54) is 28.6 Å². The first-order chi connectivity index (χ1) is 11.5. The number of H-pyrrole nitrogens is 1. The maximum atomic E-state index is 12.2. The van der Waals surface area contributed by atoms with E-state index in [0.717, 1.165) is 0 Å². The number of fused-ring (bicyclic) bond motifs is 1. The fourth-order valence-corrected chi connectivity index (χ4v) is 3.16. The molecule has 0 aliphatic carbocycles. The van der Waals surface area contributed by atoms with Gasteiger partial charge in [0.15, 0.2) is 5.65 Å². The molecule has 24 heavy (non-hydrogen) atoms. The molecule has 0 saturated carbocycles. The van der Waals surface area contributed by atoms with E-state index in [0.29, 0.717) is 21.1 Å². The first kappa shape index (κ1) is 16.1. The molecule has 3 N–H and O–H groups in total. The zero-order valence-corrected chi connectivity index (χ0v) is 13.5. The molecule has 1 amide bonds. The molecule has 0 saturated heterocycles. The summed E-state index contributed by atoms with van der Waals surface area (Å²) in [5, 5.41) is 18.1. The topological polar surface area (TPSA) is 119 Å². The number of hydrogen-bond donors (Lipinski definition) is 3. The summed E-state index contributed by atoms with van der Waals surface area (Å²) in [5.74, 6) is -1.28. The average molecular weight is 346 g/mol. The number of aromatic carboxylic acids is 1. The fourth-order valence-electron chi connectivity index (χ4n) is 2.20. The van der Waals surface area contributed by atoms with Gasteiger partial charge < -0.3 is 20.1 Å².